The molecule has 0 aromatic heterocycles. The Labute approximate surface area is 111 Å². The van der Waals surface area contributed by atoms with Crippen molar-refractivity contribution in [1.82, 2.24) is 0 Å². The summed E-state index contributed by atoms with van der Waals surface area (Å²) >= 11 is 0. The lowest BCUT2D eigenvalue weighted by molar-refractivity contribution is -0.231. The first-order valence-electron chi connectivity index (χ1n) is 5.84. The first-order chi connectivity index (χ1) is 9.29. The third-order valence-electron chi connectivity index (χ3n) is 3.05. The minimum Gasteiger partial charge on any atom is -0.495 e. The minimum absolute atomic E-state index is 0.0753. The summed E-state index contributed by atoms with van der Waals surface area (Å²) in [6.07, 6.45) is -7.79. The number of hydrogen-bond donors (Lipinski definition) is 1. The average molecular weight is 294 g/mol. The lowest BCUT2D eigenvalue weighted by Gasteiger charge is -2.28. The largest absolute Gasteiger partial charge is 0.495 e. The van der Waals surface area contributed by atoms with Gasteiger partial charge in [-0.3, -0.25) is 0 Å². The van der Waals surface area contributed by atoms with Crippen LogP contribution in [0.3, 0.4) is 0 Å². The number of aliphatic hydroxyl groups is 1. The summed E-state index contributed by atoms with van der Waals surface area (Å²) in [4.78, 5) is 0. The number of hydrogen-bond acceptors (Lipinski definition) is 2. The van der Waals surface area contributed by atoms with Crippen LogP contribution in [0.15, 0.2) is 24.5 Å². The van der Waals surface area contributed by atoms with Gasteiger partial charge in [0.1, 0.15) is 17.7 Å². The van der Waals surface area contributed by atoms with Gasteiger partial charge in [0.15, 0.2) is 6.10 Å². The number of alkyl halides is 3. The van der Waals surface area contributed by atoms with Gasteiger partial charge in [-0.15, -0.1) is 0 Å². The van der Waals surface area contributed by atoms with E-state index in [1.165, 1.54) is 6.07 Å². The van der Waals surface area contributed by atoms with E-state index in [0.717, 1.165) is 12.3 Å². The number of halogens is 5. The molecular formula is C13H11F5O2. The molecule has 0 spiro atoms. The van der Waals surface area contributed by atoms with Gasteiger partial charge in [0, 0.05) is 11.6 Å². The molecule has 1 heterocycles. The molecule has 2 rings (SSSR count). The highest BCUT2D eigenvalue weighted by Gasteiger charge is 2.45. The van der Waals surface area contributed by atoms with Crippen LogP contribution < -0.4 is 0 Å². The van der Waals surface area contributed by atoms with Gasteiger partial charge in [0.05, 0.1) is 6.26 Å². The third-order valence-corrected chi connectivity index (χ3v) is 3.05. The van der Waals surface area contributed by atoms with E-state index in [-0.39, 0.29) is 18.4 Å². The SMILES string of the molecule is OC(C1CCC(c2ccc(F)cc2F)=CO1)C(F)(F)F. The van der Waals surface area contributed by atoms with E-state index < -0.39 is 30.0 Å². The Kier molecular flexibility index (Phi) is 3.99. The molecule has 2 nitrogen and oxygen atoms in total. The fourth-order valence-electron chi connectivity index (χ4n) is 1.99. The van der Waals surface area contributed by atoms with Gasteiger partial charge in [-0.25, -0.2) is 8.78 Å². The summed E-state index contributed by atoms with van der Waals surface area (Å²) in [5, 5.41) is 9.06. The van der Waals surface area contributed by atoms with Gasteiger partial charge in [0.2, 0.25) is 0 Å². The molecule has 0 radical (unpaired) electrons. The van der Waals surface area contributed by atoms with Crippen LogP contribution >= 0.6 is 0 Å². The highest BCUT2D eigenvalue weighted by atomic mass is 19.4. The van der Waals surface area contributed by atoms with Gasteiger partial charge in [0.25, 0.3) is 0 Å². The number of aliphatic hydroxyl groups excluding tert-OH is 1. The second-order valence-electron chi connectivity index (χ2n) is 4.47. The van der Waals surface area contributed by atoms with Crippen LogP contribution in [0.1, 0.15) is 18.4 Å². The Morgan fingerprint density at radius 2 is 1.95 bits per heavy atom. The lowest BCUT2D eigenvalue weighted by Crippen LogP contribution is -2.41. The molecule has 1 aliphatic heterocycles. The molecule has 20 heavy (non-hydrogen) atoms. The zero-order valence-corrected chi connectivity index (χ0v) is 10.1. The van der Waals surface area contributed by atoms with Crippen molar-refractivity contribution in [1.29, 1.82) is 0 Å². The maximum Gasteiger partial charge on any atom is 0.418 e. The van der Waals surface area contributed by atoms with E-state index in [1.807, 2.05) is 0 Å². The molecule has 0 saturated carbocycles. The average Bonchev–Trinajstić information content (AvgIpc) is 2.37. The standard InChI is InChI=1S/C13H11F5O2/c14-8-2-3-9(10(15)5-8)7-1-4-11(20-6-7)12(19)13(16,17)18/h2-3,5-6,11-12,19H,1,4H2. The molecule has 0 amide bonds. The minimum atomic E-state index is -4.77. The predicted octanol–water partition coefficient (Wildman–Crippen LogP) is 3.41. The van der Waals surface area contributed by atoms with Crippen molar-refractivity contribution in [3.63, 3.8) is 0 Å². The number of benzene rings is 1. The second-order valence-corrected chi connectivity index (χ2v) is 4.47. The van der Waals surface area contributed by atoms with Crippen LogP contribution in [-0.2, 0) is 4.74 Å². The zero-order chi connectivity index (χ0) is 14.9. The Balaban J connectivity index is 2.13. The first-order valence-corrected chi connectivity index (χ1v) is 5.84. The molecule has 0 bridgehead atoms. The number of rotatable bonds is 2. The van der Waals surface area contributed by atoms with Gasteiger partial charge in [-0.1, -0.05) is 0 Å². The molecule has 0 aliphatic carbocycles. The Morgan fingerprint density at radius 1 is 1.25 bits per heavy atom. The van der Waals surface area contributed by atoms with Crippen LogP contribution in [0.5, 0.6) is 0 Å². The van der Waals surface area contributed by atoms with Crippen molar-refractivity contribution >= 4 is 5.57 Å². The zero-order valence-electron chi connectivity index (χ0n) is 10.1. The van der Waals surface area contributed by atoms with Crippen LogP contribution in [-0.4, -0.2) is 23.5 Å². The van der Waals surface area contributed by atoms with Crippen LogP contribution in [0.2, 0.25) is 0 Å². The number of allylic oxidation sites excluding steroid dienone is 1. The normalized spacial score (nSPS) is 21.1. The molecule has 1 aromatic rings. The quantitative estimate of drug-likeness (QED) is 0.847. The maximum atomic E-state index is 13.5. The van der Waals surface area contributed by atoms with Crippen molar-refractivity contribution in [2.24, 2.45) is 0 Å². The lowest BCUT2D eigenvalue weighted by atomic mass is 9.96. The van der Waals surface area contributed by atoms with Gasteiger partial charge in [-0.05, 0) is 30.5 Å². The molecule has 110 valence electrons. The van der Waals surface area contributed by atoms with Crippen molar-refractivity contribution in [3.8, 4) is 0 Å². The second kappa shape index (κ2) is 5.40. The van der Waals surface area contributed by atoms with Crippen molar-refractivity contribution in [3.05, 3.63) is 41.7 Å². The van der Waals surface area contributed by atoms with Gasteiger partial charge < -0.3 is 9.84 Å². The molecule has 2 atom stereocenters. The van der Waals surface area contributed by atoms with Crippen molar-refractivity contribution in [2.45, 2.75) is 31.2 Å². The Bertz CT molecular complexity index is 524. The maximum absolute atomic E-state index is 13.5. The van der Waals surface area contributed by atoms with E-state index in [2.05, 4.69) is 0 Å². The summed E-state index contributed by atoms with van der Waals surface area (Å²) in [6, 6.07) is 2.93. The summed E-state index contributed by atoms with van der Waals surface area (Å²) in [5.74, 6) is -1.55. The van der Waals surface area contributed by atoms with E-state index >= 15 is 0 Å². The monoisotopic (exact) mass is 294 g/mol. The van der Waals surface area contributed by atoms with Crippen molar-refractivity contribution < 1.29 is 31.8 Å². The summed E-state index contributed by atoms with van der Waals surface area (Å²) in [6.45, 7) is 0. The summed E-state index contributed by atoms with van der Waals surface area (Å²) in [7, 11) is 0. The molecular weight excluding hydrogens is 283 g/mol. The van der Waals surface area contributed by atoms with Gasteiger partial charge >= 0.3 is 6.18 Å². The van der Waals surface area contributed by atoms with E-state index in [9.17, 15) is 22.0 Å². The Morgan fingerprint density at radius 3 is 2.45 bits per heavy atom. The topological polar surface area (TPSA) is 29.5 Å². The summed E-state index contributed by atoms with van der Waals surface area (Å²) in [5.41, 5.74) is 0.402. The van der Waals surface area contributed by atoms with Crippen LogP contribution in [0.25, 0.3) is 5.57 Å². The number of ether oxygens (including phenoxy) is 1. The third kappa shape index (κ3) is 3.09. The van der Waals surface area contributed by atoms with Crippen LogP contribution in [0, 0.1) is 11.6 Å². The predicted molar refractivity (Wildman–Crippen MR) is 60.5 cm³/mol. The Hall–Kier alpha value is -1.63. The first kappa shape index (κ1) is 14.8. The smallest absolute Gasteiger partial charge is 0.418 e. The van der Waals surface area contributed by atoms with E-state index in [4.69, 9.17) is 9.84 Å². The fraction of sp³-hybridized carbons (Fsp3) is 0.385. The molecule has 1 aromatic carbocycles. The highest BCUT2D eigenvalue weighted by Crippen LogP contribution is 2.33. The highest BCUT2D eigenvalue weighted by molar-refractivity contribution is 5.65. The fourth-order valence-corrected chi connectivity index (χ4v) is 1.99. The van der Waals surface area contributed by atoms with Crippen LogP contribution in [0.4, 0.5) is 22.0 Å². The van der Waals surface area contributed by atoms with Gasteiger partial charge in [-0.2, -0.15) is 13.2 Å². The molecule has 1 N–H and O–H groups in total. The van der Waals surface area contributed by atoms with E-state index in [0.29, 0.717) is 11.6 Å². The van der Waals surface area contributed by atoms with E-state index in [1.54, 1.807) is 0 Å². The molecule has 7 heteroatoms. The molecule has 1 aliphatic rings. The molecule has 0 fully saturated rings. The molecule has 0 saturated heterocycles. The van der Waals surface area contributed by atoms with Crippen molar-refractivity contribution in [2.75, 3.05) is 0 Å². The molecule has 2 unspecified atom stereocenters. The summed E-state index contributed by atoms with van der Waals surface area (Å²) < 4.78 is 68.0.